The van der Waals surface area contributed by atoms with Crippen LogP contribution in [0.1, 0.15) is 12.0 Å². The number of hydrogen-bond acceptors (Lipinski definition) is 6. The number of hydrogen-bond donors (Lipinski definition) is 1. The summed E-state index contributed by atoms with van der Waals surface area (Å²) in [7, 11) is 2.80. The number of aryl methyl sites for hydroxylation is 1. The predicted molar refractivity (Wildman–Crippen MR) is 102 cm³/mol. The molecule has 0 saturated carbocycles. The van der Waals surface area contributed by atoms with E-state index >= 15 is 0 Å². The molecule has 1 aliphatic heterocycles. The average Bonchev–Trinajstić information content (AvgIpc) is 3.05. The zero-order valence-electron chi connectivity index (χ0n) is 16.2. The fourth-order valence-electron chi connectivity index (χ4n) is 2.91. The molecular weight excluding hydrogens is 372 g/mol. The van der Waals surface area contributed by atoms with Crippen molar-refractivity contribution in [2.24, 2.45) is 5.92 Å². The van der Waals surface area contributed by atoms with Crippen molar-refractivity contribution in [3.63, 3.8) is 0 Å². The smallest absolute Gasteiger partial charge is 0.220 e. The third-order valence-corrected chi connectivity index (χ3v) is 6.58. The number of sulfonamides is 1. The molecule has 0 aromatic heterocycles. The minimum atomic E-state index is -3.34. The molecule has 1 heterocycles. The van der Waals surface area contributed by atoms with E-state index in [-0.39, 0.29) is 23.6 Å². The SMILES string of the molecule is COc1ccc(CCC(=O)N[C@H]2COC[C@H]2CS(=O)(=O)N(C)C)cc1OC. The van der Waals surface area contributed by atoms with Crippen molar-refractivity contribution >= 4 is 15.9 Å². The van der Waals surface area contributed by atoms with Gasteiger partial charge in [-0.1, -0.05) is 6.07 Å². The van der Waals surface area contributed by atoms with E-state index in [1.807, 2.05) is 12.1 Å². The van der Waals surface area contributed by atoms with Crippen molar-refractivity contribution in [1.82, 2.24) is 9.62 Å². The van der Waals surface area contributed by atoms with Gasteiger partial charge in [-0.2, -0.15) is 0 Å². The maximum Gasteiger partial charge on any atom is 0.220 e. The number of rotatable bonds is 9. The van der Waals surface area contributed by atoms with Crippen LogP contribution in [0, 0.1) is 5.92 Å². The lowest BCUT2D eigenvalue weighted by atomic mass is 10.1. The number of benzene rings is 1. The lowest BCUT2D eigenvalue weighted by Gasteiger charge is -2.21. The maximum absolute atomic E-state index is 12.3. The minimum absolute atomic E-state index is 0.0410. The Morgan fingerprint density at radius 3 is 2.56 bits per heavy atom. The Morgan fingerprint density at radius 2 is 1.93 bits per heavy atom. The van der Waals surface area contributed by atoms with Crippen LogP contribution in [0.25, 0.3) is 0 Å². The minimum Gasteiger partial charge on any atom is -0.493 e. The molecular formula is C18H28N2O6S. The Balaban J connectivity index is 1.89. The highest BCUT2D eigenvalue weighted by atomic mass is 32.2. The average molecular weight is 400 g/mol. The van der Waals surface area contributed by atoms with Crippen molar-refractivity contribution in [2.45, 2.75) is 18.9 Å². The van der Waals surface area contributed by atoms with Crippen molar-refractivity contribution in [3.05, 3.63) is 23.8 Å². The van der Waals surface area contributed by atoms with Crippen LogP contribution < -0.4 is 14.8 Å². The van der Waals surface area contributed by atoms with Crippen molar-refractivity contribution in [3.8, 4) is 11.5 Å². The summed E-state index contributed by atoms with van der Waals surface area (Å²) in [6.07, 6.45) is 0.833. The molecule has 8 nitrogen and oxygen atoms in total. The first-order valence-electron chi connectivity index (χ1n) is 8.75. The maximum atomic E-state index is 12.3. The lowest BCUT2D eigenvalue weighted by Crippen LogP contribution is -2.43. The molecule has 1 saturated heterocycles. The van der Waals surface area contributed by atoms with E-state index in [2.05, 4.69) is 5.32 Å². The summed E-state index contributed by atoms with van der Waals surface area (Å²) in [5, 5.41) is 2.91. The van der Waals surface area contributed by atoms with Crippen LogP contribution in [-0.4, -0.2) is 72.0 Å². The molecule has 1 fully saturated rings. The van der Waals surface area contributed by atoms with Crippen molar-refractivity contribution in [2.75, 3.05) is 47.3 Å². The van der Waals surface area contributed by atoms with E-state index in [1.54, 1.807) is 20.3 Å². The highest BCUT2D eigenvalue weighted by Crippen LogP contribution is 2.28. The van der Waals surface area contributed by atoms with Crippen LogP contribution in [-0.2, 0) is 26.0 Å². The van der Waals surface area contributed by atoms with E-state index in [0.29, 0.717) is 37.6 Å². The number of ether oxygens (including phenoxy) is 3. The van der Waals surface area contributed by atoms with Gasteiger partial charge in [-0.05, 0) is 24.1 Å². The molecule has 2 rings (SSSR count). The highest BCUT2D eigenvalue weighted by Gasteiger charge is 2.34. The summed E-state index contributed by atoms with van der Waals surface area (Å²) in [6.45, 7) is 0.656. The van der Waals surface area contributed by atoms with E-state index in [4.69, 9.17) is 14.2 Å². The summed E-state index contributed by atoms with van der Waals surface area (Å²) in [4.78, 5) is 12.3. The Labute approximate surface area is 160 Å². The van der Waals surface area contributed by atoms with Gasteiger partial charge in [-0.25, -0.2) is 12.7 Å². The summed E-state index contributed by atoms with van der Waals surface area (Å²) in [5.41, 5.74) is 0.956. The Bertz CT molecular complexity index is 750. The number of methoxy groups -OCH3 is 2. The summed E-state index contributed by atoms with van der Waals surface area (Å²) in [6, 6.07) is 5.24. The molecule has 1 aliphatic rings. The van der Waals surface area contributed by atoms with Gasteiger partial charge in [0.15, 0.2) is 11.5 Å². The van der Waals surface area contributed by atoms with Gasteiger partial charge in [0.05, 0.1) is 39.2 Å². The fourth-order valence-corrected chi connectivity index (χ4v) is 4.08. The van der Waals surface area contributed by atoms with Gasteiger partial charge in [0.1, 0.15) is 0 Å². The first-order valence-corrected chi connectivity index (χ1v) is 10.4. The number of carbonyl (C=O) groups is 1. The monoisotopic (exact) mass is 400 g/mol. The number of nitrogens with zero attached hydrogens (tertiary/aromatic N) is 1. The second-order valence-electron chi connectivity index (χ2n) is 6.72. The molecule has 152 valence electrons. The zero-order valence-corrected chi connectivity index (χ0v) is 17.0. The topological polar surface area (TPSA) is 94.2 Å². The molecule has 0 radical (unpaired) electrons. The number of carbonyl (C=O) groups excluding carboxylic acids is 1. The fraction of sp³-hybridized carbons (Fsp3) is 0.611. The van der Waals surface area contributed by atoms with Gasteiger partial charge < -0.3 is 19.5 Å². The molecule has 9 heteroatoms. The van der Waals surface area contributed by atoms with Crippen LogP contribution in [0.15, 0.2) is 18.2 Å². The normalized spacial score (nSPS) is 19.9. The van der Waals surface area contributed by atoms with Gasteiger partial charge in [0.25, 0.3) is 0 Å². The second-order valence-corrected chi connectivity index (χ2v) is 8.95. The Kier molecular flexibility index (Phi) is 7.46. The molecule has 1 N–H and O–H groups in total. The molecule has 1 amide bonds. The van der Waals surface area contributed by atoms with Crippen LogP contribution in [0.5, 0.6) is 11.5 Å². The first-order chi connectivity index (χ1) is 12.8. The van der Waals surface area contributed by atoms with Gasteiger partial charge in [0.2, 0.25) is 15.9 Å². The van der Waals surface area contributed by atoms with Gasteiger partial charge >= 0.3 is 0 Å². The number of amides is 1. The molecule has 2 atom stereocenters. The summed E-state index contributed by atoms with van der Waals surface area (Å²) < 4.78 is 41.2. The third-order valence-electron chi connectivity index (χ3n) is 4.61. The molecule has 0 spiro atoms. The van der Waals surface area contributed by atoms with Crippen LogP contribution >= 0.6 is 0 Å². The van der Waals surface area contributed by atoms with E-state index in [9.17, 15) is 13.2 Å². The van der Waals surface area contributed by atoms with Gasteiger partial charge in [-0.15, -0.1) is 0 Å². The predicted octanol–water partition coefficient (Wildman–Crippen LogP) is 0.659. The largest absolute Gasteiger partial charge is 0.493 e. The number of nitrogens with one attached hydrogen (secondary N) is 1. The molecule has 0 aliphatic carbocycles. The highest BCUT2D eigenvalue weighted by molar-refractivity contribution is 7.89. The first kappa shape index (κ1) is 21.5. The van der Waals surface area contributed by atoms with Gasteiger partial charge in [-0.3, -0.25) is 4.79 Å². The van der Waals surface area contributed by atoms with Crippen LogP contribution in [0.2, 0.25) is 0 Å². The Hall–Kier alpha value is -1.84. The van der Waals surface area contributed by atoms with E-state index in [1.165, 1.54) is 18.4 Å². The van der Waals surface area contributed by atoms with Crippen molar-refractivity contribution < 1.29 is 27.4 Å². The van der Waals surface area contributed by atoms with Gasteiger partial charge in [0, 0.05) is 26.4 Å². The van der Waals surface area contributed by atoms with E-state index < -0.39 is 10.0 Å². The van der Waals surface area contributed by atoms with E-state index in [0.717, 1.165) is 5.56 Å². The second kappa shape index (κ2) is 9.38. The Morgan fingerprint density at radius 1 is 1.22 bits per heavy atom. The third kappa shape index (κ3) is 5.82. The quantitative estimate of drug-likeness (QED) is 0.654. The molecule has 0 bridgehead atoms. The zero-order chi connectivity index (χ0) is 20.0. The summed E-state index contributed by atoms with van der Waals surface area (Å²) in [5.74, 6) is 0.836. The lowest BCUT2D eigenvalue weighted by molar-refractivity contribution is -0.122. The van der Waals surface area contributed by atoms with Crippen LogP contribution in [0.4, 0.5) is 0 Å². The van der Waals surface area contributed by atoms with Crippen LogP contribution in [0.3, 0.4) is 0 Å². The van der Waals surface area contributed by atoms with Crippen molar-refractivity contribution in [1.29, 1.82) is 0 Å². The summed E-state index contributed by atoms with van der Waals surface area (Å²) >= 11 is 0. The standard InChI is InChI=1S/C18H28N2O6S/c1-20(2)27(22,23)12-14-10-26-11-15(14)19-18(21)8-6-13-5-7-16(24-3)17(9-13)25-4/h5,7,9,14-15H,6,8,10-12H2,1-4H3,(H,19,21)/t14-,15-/m0/s1. The molecule has 27 heavy (non-hydrogen) atoms. The molecule has 1 aromatic rings. The molecule has 1 aromatic carbocycles. The molecule has 0 unspecified atom stereocenters.